The van der Waals surface area contributed by atoms with Crippen LogP contribution in [0.5, 0.6) is 0 Å². The molecule has 0 unspecified atom stereocenters. The summed E-state index contributed by atoms with van der Waals surface area (Å²) >= 11 is 12.6. The van der Waals surface area contributed by atoms with Gasteiger partial charge in [-0.15, -0.1) is 10.2 Å². The highest BCUT2D eigenvalue weighted by Gasteiger charge is 2.34. The Labute approximate surface area is 237 Å². The van der Waals surface area contributed by atoms with Crippen molar-refractivity contribution in [3.05, 3.63) is 45.4 Å². The number of nitrogens with two attached hydrogens (primary N) is 2. The number of anilines is 2. The Hall–Kier alpha value is -2.99. The SMILES string of the molecule is CC[C@H]1CN(c2nc(N)c(-c3nnc(C)o3)nc2Cl)CCN1C1CCN(Cc2ccc(Cl)cc2C(N)=O)CC1. The predicted molar refractivity (Wildman–Crippen MR) is 151 cm³/mol. The molecule has 2 aliphatic heterocycles. The molecule has 11 nitrogen and oxygen atoms in total. The quantitative estimate of drug-likeness (QED) is 0.431. The molecule has 13 heteroatoms. The van der Waals surface area contributed by atoms with Crippen molar-refractivity contribution < 1.29 is 9.21 Å². The maximum atomic E-state index is 11.9. The number of carbonyl (C=O) groups excluding carboxylic acids is 1. The third-order valence-electron chi connectivity index (χ3n) is 7.65. The summed E-state index contributed by atoms with van der Waals surface area (Å²) in [4.78, 5) is 28.1. The Bertz CT molecular complexity index is 1340. The van der Waals surface area contributed by atoms with E-state index in [1.807, 2.05) is 12.1 Å². The summed E-state index contributed by atoms with van der Waals surface area (Å²) in [6.45, 7) is 8.96. The maximum absolute atomic E-state index is 11.9. The predicted octanol–water partition coefficient (Wildman–Crippen LogP) is 3.39. The zero-order valence-corrected chi connectivity index (χ0v) is 23.6. The topological polar surface area (TPSA) is 144 Å². The number of hydrogen-bond acceptors (Lipinski definition) is 10. The van der Waals surface area contributed by atoms with Gasteiger partial charge in [0.1, 0.15) is 0 Å². The first-order valence-electron chi connectivity index (χ1n) is 13.2. The summed E-state index contributed by atoms with van der Waals surface area (Å²) in [6, 6.07) is 6.21. The van der Waals surface area contributed by atoms with Crippen LogP contribution < -0.4 is 16.4 Å². The van der Waals surface area contributed by atoms with E-state index < -0.39 is 5.91 Å². The number of primary amides is 1. The fourth-order valence-corrected chi connectivity index (χ4v) is 6.06. The van der Waals surface area contributed by atoms with E-state index in [-0.39, 0.29) is 16.9 Å². The van der Waals surface area contributed by atoms with Crippen LogP contribution in [0.1, 0.15) is 48.0 Å². The van der Waals surface area contributed by atoms with Gasteiger partial charge in [-0.25, -0.2) is 9.97 Å². The third kappa shape index (κ3) is 5.96. The first-order chi connectivity index (χ1) is 18.7. The van der Waals surface area contributed by atoms with Crippen molar-refractivity contribution in [1.29, 1.82) is 0 Å². The lowest BCUT2D eigenvalue weighted by Crippen LogP contribution is -2.58. The van der Waals surface area contributed by atoms with Crippen LogP contribution in [0.3, 0.4) is 0 Å². The molecule has 208 valence electrons. The van der Waals surface area contributed by atoms with E-state index in [0.717, 1.165) is 57.5 Å². The second kappa shape index (κ2) is 11.6. The molecule has 1 atom stereocenters. The van der Waals surface area contributed by atoms with Gasteiger partial charge in [0.15, 0.2) is 22.5 Å². The smallest absolute Gasteiger partial charge is 0.270 e. The fourth-order valence-electron chi connectivity index (χ4n) is 5.64. The van der Waals surface area contributed by atoms with Crippen LogP contribution in [0.15, 0.2) is 22.6 Å². The monoisotopic (exact) mass is 573 g/mol. The Morgan fingerprint density at radius 1 is 1.13 bits per heavy atom. The van der Waals surface area contributed by atoms with E-state index in [9.17, 15) is 4.79 Å². The Balaban J connectivity index is 1.22. The molecule has 1 aromatic carbocycles. The molecule has 0 bridgehead atoms. The highest BCUT2D eigenvalue weighted by atomic mass is 35.5. The fraction of sp³-hybridized carbons (Fsp3) is 0.500. The molecule has 39 heavy (non-hydrogen) atoms. The number of benzene rings is 1. The Kier molecular flexibility index (Phi) is 8.22. The normalized spacial score (nSPS) is 19.5. The van der Waals surface area contributed by atoms with Gasteiger partial charge in [0.2, 0.25) is 11.8 Å². The molecule has 2 fully saturated rings. The first kappa shape index (κ1) is 27.6. The molecule has 1 amide bonds. The number of carbonyl (C=O) groups is 1. The Morgan fingerprint density at radius 2 is 1.90 bits per heavy atom. The van der Waals surface area contributed by atoms with Crippen molar-refractivity contribution >= 4 is 40.7 Å². The van der Waals surface area contributed by atoms with Gasteiger partial charge < -0.3 is 20.8 Å². The maximum Gasteiger partial charge on any atom is 0.270 e. The van der Waals surface area contributed by atoms with Gasteiger partial charge in [0, 0.05) is 55.8 Å². The molecule has 4 N–H and O–H groups in total. The summed E-state index contributed by atoms with van der Waals surface area (Å²) < 4.78 is 5.46. The van der Waals surface area contributed by atoms with E-state index in [1.54, 1.807) is 13.0 Å². The van der Waals surface area contributed by atoms with Crippen LogP contribution in [0, 0.1) is 6.92 Å². The largest absolute Gasteiger partial charge is 0.420 e. The van der Waals surface area contributed by atoms with Crippen molar-refractivity contribution in [1.82, 2.24) is 30.0 Å². The third-order valence-corrected chi connectivity index (χ3v) is 8.14. The van der Waals surface area contributed by atoms with Gasteiger partial charge >= 0.3 is 0 Å². The van der Waals surface area contributed by atoms with Crippen LogP contribution in [0.2, 0.25) is 10.2 Å². The molecule has 4 heterocycles. The van der Waals surface area contributed by atoms with Crippen LogP contribution >= 0.6 is 23.2 Å². The van der Waals surface area contributed by atoms with Crippen molar-refractivity contribution in [3.8, 4) is 11.6 Å². The van der Waals surface area contributed by atoms with E-state index >= 15 is 0 Å². The van der Waals surface area contributed by atoms with E-state index in [0.29, 0.717) is 46.6 Å². The Morgan fingerprint density at radius 3 is 2.56 bits per heavy atom. The number of likely N-dealkylation sites (tertiary alicyclic amines) is 1. The number of rotatable bonds is 7. The molecule has 5 rings (SSSR count). The lowest BCUT2D eigenvalue weighted by Gasteiger charge is -2.47. The number of piperidine rings is 1. The average Bonchev–Trinajstić information content (AvgIpc) is 3.36. The lowest BCUT2D eigenvalue weighted by molar-refractivity contribution is 0.0609. The van der Waals surface area contributed by atoms with Gasteiger partial charge in [-0.05, 0) is 50.0 Å². The van der Waals surface area contributed by atoms with Crippen molar-refractivity contribution in [2.75, 3.05) is 43.4 Å². The van der Waals surface area contributed by atoms with Crippen LogP contribution in [0.4, 0.5) is 11.6 Å². The second-order valence-electron chi connectivity index (χ2n) is 10.1. The molecule has 2 saturated heterocycles. The standard InChI is InChI=1S/C26H33Cl2N9O2/c1-3-18-14-36(25-22(28)31-21(23(29)32-25)26-34-33-15(2)39-26)10-11-37(18)19-6-8-35(9-7-19)13-16-4-5-17(27)12-20(16)24(30)38/h4-5,12,18-19H,3,6-11,13-14H2,1-2H3,(H2,29,32)(H2,30,38)/t18-/m0/s1. The summed E-state index contributed by atoms with van der Waals surface area (Å²) in [6.07, 6.45) is 3.12. The number of piperazine rings is 1. The van der Waals surface area contributed by atoms with Gasteiger partial charge in [-0.2, -0.15) is 0 Å². The second-order valence-corrected chi connectivity index (χ2v) is 10.9. The van der Waals surface area contributed by atoms with Gasteiger partial charge in [0.25, 0.3) is 5.89 Å². The highest BCUT2D eigenvalue weighted by molar-refractivity contribution is 6.32. The van der Waals surface area contributed by atoms with Gasteiger partial charge in [0.05, 0.1) is 0 Å². The van der Waals surface area contributed by atoms with Crippen molar-refractivity contribution in [2.45, 2.75) is 51.7 Å². The van der Waals surface area contributed by atoms with Crippen LogP contribution in [-0.2, 0) is 6.54 Å². The molecule has 0 radical (unpaired) electrons. The molecule has 0 saturated carbocycles. The van der Waals surface area contributed by atoms with Gasteiger partial charge in [-0.1, -0.05) is 36.2 Å². The average molecular weight is 575 g/mol. The molecule has 0 spiro atoms. The number of amides is 1. The summed E-state index contributed by atoms with van der Waals surface area (Å²) in [7, 11) is 0. The number of nitrogens with zero attached hydrogens (tertiary/aromatic N) is 7. The molecular weight excluding hydrogens is 541 g/mol. The number of hydrogen-bond donors (Lipinski definition) is 2. The molecule has 2 aromatic heterocycles. The number of halogens is 2. The van der Waals surface area contributed by atoms with E-state index in [2.05, 4.69) is 41.8 Å². The molecule has 0 aliphatic carbocycles. The lowest BCUT2D eigenvalue weighted by atomic mass is 9.97. The minimum Gasteiger partial charge on any atom is -0.420 e. The summed E-state index contributed by atoms with van der Waals surface area (Å²) in [5, 5.41) is 8.60. The summed E-state index contributed by atoms with van der Waals surface area (Å²) in [5.41, 5.74) is 13.5. The van der Waals surface area contributed by atoms with Crippen LogP contribution in [-0.4, -0.2) is 80.7 Å². The number of aryl methyl sites for hydroxylation is 1. The van der Waals surface area contributed by atoms with E-state index in [4.69, 9.17) is 39.1 Å². The number of aromatic nitrogens is 4. The van der Waals surface area contributed by atoms with Crippen LogP contribution in [0.25, 0.3) is 11.6 Å². The number of nitrogen functional groups attached to an aromatic ring is 1. The minimum absolute atomic E-state index is 0.204. The van der Waals surface area contributed by atoms with Crippen molar-refractivity contribution in [3.63, 3.8) is 0 Å². The first-order valence-corrected chi connectivity index (χ1v) is 13.9. The molecule has 3 aromatic rings. The zero-order chi connectivity index (χ0) is 27.7. The molecule has 2 aliphatic rings. The molecular formula is C26H33Cl2N9O2. The van der Waals surface area contributed by atoms with Gasteiger partial charge in [-0.3, -0.25) is 14.6 Å². The minimum atomic E-state index is -0.447. The summed E-state index contributed by atoms with van der Waals surface area (Å²) in [5.74, 6) is 0.961. The van der Waals surface area contributed by atoms with E-state index in [1.165, 1.54) is 0 Å². The highest BCUT2D eigenvalue weighted by Crippen LogP contribution is 2.32. The zero-order valence-electron chi connectivity index (χ0n) is 22.1. The van der Waals surface area contributed by atoms with Crippen molar-refractivity contribution in [2.24, 2.45) is 5.73 Å².